The van der Waals surface area contributed by atoms with Gasteiger partial charge < -0.3 is 10.3 Å². The average molecular weight is 319 g/mol. The van der Waals surface area contributed by atoms with Crippen LogP contribution >= 0.6 is 22.9 Å². The Kier molecular flexibility index (Phi) is 3.99. The molecule has 108 valence electrons. The molecule has 0 saturated heterocycles. The van der Waals surface area contributed by atoms with E-state index in [2.05, 4.69) is 16.4 Å². The SMILES string of the molecule is Cc1csc(C(=O)NCCc2c[nH]c3ccccc23)c1Cl. The molecule has 1 aromatic carbocycles. The van der Waals surface area contributed by atoms with Crippen molar-refractivity contribution in [2.75, 3.05) is 6.54 Å². The van der Waals surface area contributed by atoms with Gasteiger partial charge in [-0.25, -0.2) is 0 Å². The highest BCUT2D eigenvalue weighted by Gasteiger charge is 2.14. The summed E-state index contributed by atoms with van der Waals surface area (Å²) in [6.45, 7) is 2.50. The van der Waals surface area contributed by atoms with Crippen LogP contribution in [0, 0.1) is 6.92 Å². The highest BCUT2D eigenvalue weighted by atomic mass is 35.5. The number of aromatic amines is 1. The molecule has 2 aromatic heterocycles. The Hall–Kier alpha value is -1.78. The number of hydrogen-bond donors (Lipinski definition) is 2. The minimum Gasteiger partial charge on any atom is -0.361 e. The molecule has 1 amide bonds. The van der Waals surface area contributed by atoms with Gasteiger partial charge in [0.1, 0.15) is 4.88 Å². The maximum Gasteiger partial charge on any atom is 0.262 e. The molecule has 5 heteroatoms. The lowest BCUT2D eigenvalue weighted by atomic mass is 10.1. The second-order valence-electron chi connectivity index (χ2n) is 4.93. The first-order valence-corrected chi connectivity index (χ1v) is 7.99. The first kappa shape index (κ1) is 14.2. The molecule has 0 saturated carbocycles. The van der Waals surface area contributed by atoms with E-state index in [4.69, 9.17) is 11.6 Å². The van der Waals surface area contributed by atoms with Gasteiger partial charge in [0, 0.05) is 23.6 Å². The van der Waals surface area contributed by atoms with Gasteiger partial charge in [-0.05, 0) is 35.9 Å². The molecule has 3 rings (SSSR count). The standard InChI is InChI=1S/C16H15ClN2OS/c1-10-9-21-15(14(10)17)16(20)18-7-6-11-8-19-13-5-3-2-4-12(11)13/h2-5,8-9,19H,6-7H2,1H3,(H,18,20). The number of thiophene rings is 1. The van der Waals surface area contributed by atoms with Crippen LogP contribution in [0.3, 0.4) is 0 Å². The predicted octanol–water partition coefficient (Wildman–Crippen LogP) is 4.16. The van der Waals surface area contributed by atoms with Gasteiger partial charge in [0.25, 0.3) is 5.91 Å². The van der Waals surface area contributed by atoms with Crippen LogP contribution in [-0.2, 0) is 6.42 Å². The van der Waals surface area contributed by atoms with E-state index in [1.807, 2.05) is 36.7 Å². The van der Waals surface area contributed by atoms with Crippen LogP contribution in [0.2, 0.25) is 5.02 Å². The highest BCUT2D eigenvalue weighted by Crippen LogP contribution is 2.26. The second kappa shape index (κ2) is 5.92. The van der Waals surface area contributed by atoms with Gasteiger partial charge >= 0.3 is 0 Å². The lowest BCUT2D eigenvalue weighted by Crippen LogP contribution is -2.25. The number of aryl methyl sites for hydroxylation is 1. The third-order valence-electron chi connectivity index (χ3n) is 3.46. The number of amides is 1. The largest absolute Gasteiger partial charge is 0.361 e. The normalized spacial score (nSPS) is 11.0. The van der Waals surface area contributed by atoms with E-state index < -0.39 is 0 Å². The molecule has 0 aliphatic heterocycles. The second-order valence-corrected chi connectivity index (χ2v) is 6.18. The molecule has 2 N–H and O–H groups in total. The molecular weight excluding hydrogens is 304 g/mol. The minimum absolute atomic E-state index is 0.0991. The molecule has 21 heavy (non-hydrogen) atoms. The summed E-state index contributed by atoms with van der Waals surface area (Å²) in [5.41, 5.74) is 3.28. The van der Waals surface area contributed by atoms with Crippen molar-refractivity contribution in [3.05, 3.63) is 56.9 Å². The van der Waals surface area contributed by atoms with Gasteiger partial charge in [0.2, 0.25) is 0 Å². The summed E-state index contributed by atoms with van der Waals surface area (Å²) in [4.78, 5) is 15.9. The molecule has 0 fully saturated rings. The summed E-state index contributed by atoms with van der Waals surface area (Å²) in [6.07, 6.45) is 2.79. The van der Waals surface area contributed by atoms with Crippen LogP contribution in [0.5, 0.6) is 0 Å². The van der Waals surface area contributed by atoms with Crippen LogP contribution in [0.15, 0.2) is 35.8 Å². The third kappa shape index (κ3) is 2.82. The zero-order chi connectivity index (χ0) is 14.8. The summed E-state index contributed by atoms with van der Waals surface area (Å²) in [7, 11) is 0. The molecule has 3 aromatic rings. The maximum absolute atomic E-state index is 12.1. The Morgan fingerprint density at radius 1 is 1.38 bits per heavy atom. The number of aromatic nitrogens is 1. The Morgan fingerprint density at radius 2 is 2.19 bits per heavy atom. The quantitative estimate of drug-likeness (QED) is 0.745. The van der Waals surface area contributed by atoms with E-state index in [1.165, 1.54) is 22.3 Å². The summed E-state index contributed by atoms with van der Waals surface area (Å²) in [5, 5.41) is 6.59. The third-order valence-corrected chi connectivity index (χ3v) is 5.16. The average Bonchev–Trinajstić information content (AvgIpc) is 3.04. The van der Waals surface area contributed by atoms with E-state index in [1.54, 1.807) is 0 Å². The van der Waals surface area contributed by atoms with Gasteiger partial charge in [-0.2, -0.15) is 0 Å². The predicted molar refractivity (Wildman–Crippen MR) is 88.4 cm³/mol. The number of fused-ring (bicyclic) bond motifs is 1. The fraction of sp³-hybridized carbons (Fsp3) is 0.188. The van der Waals surface area contributed by atoms with Gasteiger partial charge in [0.15, 0.2) is 0 Å². The molecule has 0 aliphatic rings. The van der Waals surface area contributed by atoms with E-state index in [0.717, 1.165) is 17.5 Å². The molecule has 0 atom stereocenters. The number of H-pyrrole nitrogens is 1. The van der Waals surface area contributed by atoms with Crippen molar-refractivity contribution in [3.63, 3.8) is 0 Å². The van der Waals surface area contributed by atoms with Crippen LogP contribution in [-0.4, -0.2) is 17.4 Å². The molecule has 3 nitrogen and oxygen atoms in total. The Balaban J connectivity index is 1.64. The number of nitrogens with one attached hydrogen (secondary N) is 2. The van der Waals surface area contributed by atoms with Crippen molar-refractivity contribution < 1.29 is 4.79 Å². The van der Waals surface area contributed by atoms with Gasteiger partial charge in [0.05, 0.1) is 5.02 Å². The van der Waals surface area contributed by atoms with E-state index >= 15 is 0 Å². The zero-order valence-corrected chi connectivity index (χ0v) is 13.1. The summed E-state index contributed by atoms with van der Waals surface area (Å²) in [5.74, 6) is -0.0991. The van der Waals surface area contributed by atoms with Crippen LogP contribution in [0.4, 0.5) is 0 Å². The highest BCUT2D eigenvalue weighted by molar-refractivity contribution is 7.13. The Morgan fingerprint density at radius 3 is 2.95 bits per heavy atom. The van der Waals surface area contributed by atoms with Crippen molar-refractivity contribution in [3.8, 4) is 0 Å². The van der Waals surface area contributed by atoms with Crippen molar-refractivity contribution in [2.24, 2.45) is 0 Å². The van der Waals surface area contributed by atoms with Crippen molar-refractivity contribution in [2.45, 2.75) is 13.3 Å². The number of hydrogen-bond acceptors (Lipinski definition) is 2. The lowest BCUT2D eigenvalue weighted by molar-refractivity contribution is 0.0958. The molecule has 0 aliphatic carbocycles. The van der Waals surface area contributed by atoms with Gasteiger partial charge in [-0.1, -0.05) is 29.8 Å². The smallest absolute Gasteiger partial charge is 0.262 e. The lowest BCUT2D eigenvalue weighted by Gasteiger charge is -2.04. The molecule has 0 radical (unpaired) electrons. The fourth-order valence-electron chi connectivity index (χ4n) is 2.31. The van der Waals surface area contributed by atoms with Crippen molar-refractivity contribution in [1.82, 2.24) is 10.3 Å². The van der Waals surface area contributed by atoms with E-state index in [-0.39, 0.29) is 5.91 Å². The summed E-state index contributed by atoms with van der Waals surface area (Å²) in [6, 6.07) is 8.16. The molecule has 0 spiro atoms. The molecule has 0 unspecified atom stereocenters. The topological polar surface area (TPSA) is 44.9 Å². The Bertz CT molecular complexity index is 791. The molecule has 0 bridgehead atoms. The van der Waals surface area contributed by atoms with Crippen molar-refractivity contribution >= 4 is 39.7 Å². The summed E-state index contributed by atoms with van der Waals surface area (Å²) >= 11 is 7.49. The van der Waals surface area contributed by atoms with Gasteiger partial charge in [-0.15, -0.1) is 11.3 Å². The fourth-order valence-corrected chi connectivity index (χ4v) is 3.51. The monoisotopic (exact) mass is 318 g/mol. The molecular formula is C16H15ClN2OS. The number of benzene rings is 1. The minimum atomic E-state index is -0.0991. The number of para-hydroxylation sites is 1. The zero-order valence-electron chi connectivity index (χ0n) is 11.6. The van der Waals surface area contributed by atoms with Crippen LogP contribution < -0.4 is 5.32 Å². The number of halogens is 1. The summed E-state index contributed by atoms with van der Waals surface area (Å²) < 4.78 is 0. The van der Waals surface area contributed by atoms with Gasteiger partial charge in [-0.3, -0.25) is 4.79 Å². The van der Waals surface area contributed by atoms with Crippen molar-refractivity contribution in [1.29, 1.82) is 0 Å². The number of carbonyl (C=O) groups excluding carboxylic acids is 1. The number of carbonyl (C=O) groups is 1. The first-order valence-electron chi connectivity index (χ1n) is 6.73. The van der Waals surface area contributed by atoms with E-state index in [0.29, 0.717) is 16.4 Å². The molecule has 2 heterocycles. The Labute approximate surface area is 131 Å². The van der Waals surface area contributed by atoms with E-state index in [9.17, 15) is 4.79 Å². The first-order chi connectivity index (χ1) is 10.2. The maximum atomic E-state index is 12.1. The number of rotatable bonds is 4. The van der Waals surface area contributed by atoms with Crippen LogP contribution in [0.1, 0.15) is 20.8 Å². The van der Waals surface area contributed by atoms with Crippen LogP contribution in [0.25, 0.3) is 10.9 Å².